The Morgan fingerprint density at radius 2 is 1.00 bits per heavy atom. The van der Waals surface area contributed by atoms with Crippen molar-refractivity contribution in [3.8, 4) is 0 Å². The molecule has 0 bridgehead atoms. The van der Waals surface area contributed by atoms with E-state index in [0.29, 0.717) is 0 Å². The summed E-state index contributed by atoms with van der Waals surface area (Å²) in [6.45, 7) is 8.89. The highest BCUT2D eigenvalue weighted by Gasteiger charge is 2.02. The zero-order valence-electron chi connectivity index (χ0n) is 5.97. The third kappa shape index (κ3) is 6.83. The van der Waals surface area contributed by atoms with Crippen LogP contribution in [-0.2, 0) is 0 Å². The summed E-state index contributed by atoms with van der Waals surface area (Å²) in [5.74, 6) is 1.53. The van der Waals surface area contributed by atoms with Crippen molar-refractivity contribution in [2.24, 2.45) is 0 Å². The van der Waals surface area contributed by atoms with Gasteiger partial charge in [0.1, 0.15) is 0 Å². The van der Waals surface area contributed by atoms with Gasteiger partial charge in [0, 0.05) is 0 Å². The molecule has 4 heteroatoms. The maximum atomic E-state index is 2.22. The quantitative estimate of drug-likeness (QED) is 0.443. The molecule has 0 amide bonds. The Labute approximate surface area is 60.9 Å². The molecule has 0 atom stereocenters. The van der Waals surface area contributed by atoms with E-state index in [2.05, 4.69) is 27.3 Å². The van der Waals surface area contributed by atoms with Crippen LogP contribution in [0.4, 0.5) is 0 Å². The minimum atomic E-state index is 0.766. The number of rotatable bonds is 3. The maximum absolute atomic E-state index is 2.22. The van der Waals surface area contributed by atoms with Crippen LogP contribution in [-0.4, -0.2) is 12.0 Å². The van der Waals surface area contributed by atoms with Crippen LogP contribution in [0.3, 0.4) is 0 Å². The molecule has 0 N–H and O–H groups in total. The Bertz CT molecular complexity index is 48.0. The van der Waals surface area contributed by atoms with E-state index in [1.54, 1.807) is 0 Å². The molecule has 8 heavy (non-hydrogen) atoms. The average Bonchev–Trinajstić information content (AvgIpc) is 1.61. The molecular weight excluding hydrogens is 134 g/mol. The molecule has 0 saturated heterocycles. The van der Waals surface area contributed by atoms with E-state index in [-0.39, 0.29) is 0 Å². The SMILES string of the molecule is CB(C)SSB(C)C. The van der Waals surface area contributed by atoms with Crippen LogP contribution < -0.4 is 0 Å². The van der Waals surface area contributed by atoms with E-state index in [9.17, 15) is 0 Å². The zero-order chi connectivity index (χ0) is 6.57. The van der Waals surface area contributed by atoms with Gasteiger partial charge >= 0.3 is 0 Å². The predicted octanol–water partition coefficient (Wildman–Crippen LogP) is 2.87. The molecule has 0 unspecified atom stereocenters. The highest BCUT2D eigenvalue weighted by molar-refractivity contribution is 8.94. The van der Waals surface area contributed by atoms with Gasteiger partial charge in [-0.25, -0.2) is 0 Å². The maximum Gasteiger partial charge on any atom is 0.216 e. The zero-order valence-corrected chi connectivity index (χ0v) is 7.60. The first-order valence-corrected chi connectivity index (χ1v) is 5.22. The van der Waals surface area contributed by atoms with Crippen LogP contribution in [0.15, 0.2) is 0 Å². The van der Waals surface area contributed by atoms with E-state index >= 15 is 0 Å². The van der Waals surface area contributed by atoms with Crippen LogP contribution in [0.2, 0.25) is 27.3 Å². The Morgan fingerprint density at radius 3 is 1.12 bits per heavy atom. The minimum Gasteiger partial charge on any atom is -0.158 e. The van der Waals surface area contributed by atoms with Gasteiger partial charge in [0.05, 0.1) is 0 Å². The highest BCUT2D eigenvalue weighted by Crippen LogP contribution is 2.26. The summed E-state index contributed by atoms with van der Waals surface area (Å²) in [4.78, 5) is 0. The van der Waals surface area contributed by atoms with Crippen molar-refractivity contribution in [2.75, 3.05) is 0 Å². The monoisotopic (exact) mass is 146 g/mol. The van der Waals surface area contributed by atoms with E-state index in [0.717, 1.165) is 12.0 Å². The standard InChI is InChI=1S/C4H12B2S2/c1-5(2)7-8-6(3)4/h1-4H3. The fourth-order valence-corrected chi connectivity index (χ4v) is 2.00. The van der Waals surface area contributed by atoms with Crippen LogP contribution in [0.1, 0.15) is 0 Å². The summed E-state index contributed by atoms with van der Waals surface area (Å²) in [7, 11) is 3.91. The first-order chi connectivity index (χ1) is 3.63. The van der Waals surface area contributed by atoms with Gasteiger partial charge in [-0.15, -0.1) is 0 Å². The summed E-state index contributed by atoms with van der Waals surface area (Å²) < 4.78 is 0. The highest BCUT2D eigenvalue weighted by atomic mass is 33.1. The Hall–Kier alpha value is 0.830. The first-order valence-electron chi connectivity index (χ1n) is 2.95. The smallest absolute Gasteiger partial charge is 0.158 e. The third-order valence-electron chi connectivity index (χ3n) is 0.440. The minimum absolute atomic E-state index is 0.766. The molecule has 0 aliphatic rings. The molecule has 0 aromatic heterocycles. The Kier molecular flexibility index (Phi) is 5.17. The summed E-state index contributed by atoms with van der Waals surface area (Å²) in [6, 6.07) is 0. The molecule has 0 aliphatic carbocycles. The normalized spacial score (nSPS) is 9.00. The second kappa shape index (κ2) is 4.68. The molecule has 0 radical (unpaired) electrons. The average molecular weight is 146 g/mol. The van der Waals surface area contributed by atoms with E-state index in [4.69, 9.17) is 0 Å². The van der Waals surface area contributed by atoms with Crippen LogP contribution in [0.5, 0.6) is 0 Å². The van der Waals surface area contributed by atoms with Crippen molar-refractivity contribution in [1.29, 1.82) is 0 Å². The molecule has 0 saturated carbocycles. The third-order valence-corrected chi connectivity index (χ3v) is 3.96. The largest absolute Gasteiger partial charge is 0.216 e. The van der Waals surface area contributed by atoms with Crippen molar-refractivity contribution >= 4 is 33.3 Å². The van der Waals surface area contributed by atoms with E-state index in [1.807, 2.05) is 21.3 Å². The fraction of sp³-hybridized carbons (Fsp3) is 1.00. The summed E-state index contributed by atoms with van der Waals surface area (Å²) in [6.07, 6.45) is 0. The van der Waals surface area contributed by atoms with Gasteiger partial charge in [0.15, 0.2) is 0 Å². The molecule has 0 aromatic carbocycles. The van der Waals surface area contributed by atoms with Crippen molar-refractivity contribution in [1.82, 2.24) is 0 Å². The number of hydrogen-bond acceptors (Lipinski definition) is 2. The first kappa shape index (κ1) is 8.83. The summed E-state index contributed by atoms with van der Waals surface area (Å²) in [5.41, 5.74) is 0. The topological polar surface area (TPSA) is 0 Å². The molecule has 0 spiro atoms. The predicted molar refractivity (Wildman–Crippen MR) is 50.1 cm³/mol. The second-order valence-corrected chi connectivity index (χ2v) is 5.72. The molecule has 46 valence electrons. The van der Waals surface area contributed by atoms with Gasteiger partial charge in [-0.1, -0.05) is 27.3 Å². The summed E-state index contributed by atoms with van der Waals surface area (Å²) >= 11 is 0. The van der Waals surface area contributed by atoms with Gasteiger partial charge in [0.2, 0.25) is 12.0 Å². The molecule has 0 aromatic rings. The Balaban J connectivity index is 2.93. The molecule has 0 aliphatic heterocycles. The van der Waals surface area contributed by atoms with Crippen LogP contribution in [0.25, 0.3) is 0 Å². The lowest BCUT2D eigenvalue weighted by molar-refractivity contribution is 2.11. The van der Waals surface area contributed by atoms with E-state index in [1.165, 1.54) is 0 Å². The van der Waals surface area contributed by atoms with Gasteiger partial charge in [-0.2, -0.15) is 21.3 Å². The molecule has 0 nitrogen and oxygen atoms in total. The van der Waals surface area contributed by atoms with Crippen molar-refractivity contribution in [3.63, 3.8) is 0 Å². The van der Waals surface area contributed by atoms with Crippen molar-refractivity contribution < 1.29 is 0 Å². The van der Waals surface area contributed by atoms with Crippen molar-refractivity contribution in [3.05, 3.63) is 0 Å². The number of hydrogen-bond donors (Lipinski definition) is 0. The van der Waals surface area contributed by atoms with Gasteiger partial charge in [-0.05, 0) is 0 Å². The van der Waals surface area contributed by atoms with Crippen molar-refractivity contribution in [2.45, 2.75) is 27.3 Å². The Morgan fingerprint density at radius 1 is 0.750 bits per heavy atom. The molecular formula is C4H12B2S2. The summed E-state index contributed by atoms with van der Waals surface area (Å²) in [5, 5.41) is 0. The molecule has 0 heterocycles. The van der Waals surface area contributed by atoms with Gasteiger partial charge in [-0.3, -0.25) is 0 Å². The van der Waals surface area contributed by atoms with Gasteiger partial charge < -0.3 is 0 Å². The lowest BCUT2D eigenvalue weighted by Crippen LogP contribution is -1.94. The van der Waals surface area contributed by atoms with E-state index < -0.39 is 0 Å². The van der Waals surface area contributed by atoms with Gasteiger partial charge in [0.25, 0.3) is 0 Å². The second-order valence-electron chi connectivity index (χ2n) is 2.29. The fourth-order valence-electron chi connectivity index (χ4n) is 0.222. The lowest BCUT2D eigenvalue weighted by atomic mass is 9.84. The van der Waals surface area contributed by atoms with Crippen LogP contribution >= 0.6 is 21.3 Å². The lowest BCUT2D eigenvalue weighted by Gasteiger charge is -2.00. The molecule has 0 fully saturated rings. The molecule has 0 rings (SSSR count). The van der Waals surface area contributed by atoms with Crippen LogP contribution in [0, 0.1) is 0 Å².